The number of rotatable bonds is 4. The maximum Gasteiger partial charge on any atom is 0.272 e. The smallest absolute Gasteiger partial charge is 0.258 e. The minimum Gasteiger partial charge on any atom is -0.258 e. The number of nitro groups is 1. The van der Waals surface area contributed by atoms with Crippen LogP contribution in [0.2, 0.25) is 5.02 Å². The summed E-state index contributed by atoms with van der Waals surface area (Å²) in [5, 5.41) is 12.0. The van der Waals surface area contributed by atoms with Gasteiger partial charge in [0.15, 0.2) is 0 Å². The molecule has 1 rings (SSSR count). The van der Waals surface area contributed by atoms with Gasteiger partial charge in [0.2, 0.25) is 0 Å². The van der Waals surface area contributed by atoms with Crippen LogP contribution in [-0.2, 0) is 6.42 Å². The quantitative estimate of drug-likeness (QED) is 0.480. The van der Waals surface area contributed by atoms with Gasteiger partial charge in [-0.2, -0.15) is 0 Å². The molecule has 0 radical (unpaired) electrons. The SMILES string of the molecule is O=[N+]([O-])c1ccc(Cl)cc1CCCBr. The maximum atomic E-state index is 10.6. The fourth-order valence-corrected chi connectivity index (χ4v) is 1.66. The Morgan fingerprint density at radius 3 is 2.79 bits per heavy atom. The highest BCUT2D eigenvalue weighted by molar-refractivity contribution is 9.09. The molecule has 0 spiro atoms. The van der Waals surface area contributed by atoms with Crippen LogP contribution in [0.4, 0.5) is 5.69 Å². The van der Waals surface area contributed by atoms with Gasteiger partial charge in [-0.3, -0.25) is 10.1 Å². The largest absolute Gasteiger partial charge is 0.272 e. The van der Waals surface area contributed by atoms with E-state index in [4.69, 9.17) is 11.6 Å². The Morgan fingerprint density at radius 2 is 2.21 bits per heavy atom. The van der Waals surface area contributed by atoms with Crippen LogP contribution in [0, 0.1) is 10.1 Å². The van der Waals surface area contributed by atoms with Crippen molar-refractivity contribution in [3.05, 3.63) is 38.9 Å². The highest BCUT2D eigenvalue weighted by Crippen LogP contribution is 2.23. The second-order valence-electron chi connectivity index (χ2n) is 2.82. The Kier molecular flexibility index (Phi) is 4.35. The molecular weight excluding hydrogens is 269 g/mol. The molecule has 0 fully saturated rings. The standard InChI is InChI=1S/C9H9BrClNO2/c10-5-1-2-7-6-8(11)3-4-9(7)12(13)14/h3-4,6H,1-2,5H2. The topological polar surface area (TPSA) is 43.1 Å². The van der Waals surface area contributed by atoms with Crippen LogP contribution in [-0.4, -0.2) is 10.3 Å². The van der Waals surface area contributed by atoms with Crippen molar-refractivity contribution in [3.63, 3.8) is 0 Å². The maximum absolute atomic E-state index is 10.6. The van der Waals surface area contributed by atoms with Crippen LogP contribution in [0.3, 0.4) is 0 Å². The summed E-state index contributed by atoms with van der Waals surface area (Å²) in [6.07, 6.45) is 1.53. The van der Waals surface area contributed by atoms with Gasteiger partial charge in [0.1, 0.15) is 0 Å². The van der Waals surface area contributed by atoms with Crippen molar-refractivity contribution in [2.45, 2.75) is 12.8 Å². The van der Waals surface area contributed by atoms with E-state index in [1.165, 1.54) is 12.1 Å². The summed E-state index contributed by atoms with van der Waals surface area (Å²) in [5.74, 6) is 0. The number of halogens is 2. The van der Waals surface area contributed by atoms with E-state index < -0.39 is 0 Å². The van der Waals surface area contributed by atoms with E-state index in [-0.39, 0.29) is 10.6 Å². The van der Waals surface area contributed by atoms with Gasteiger partial charge in [-0.05, 0) is 25.0 Å². The molecule has 0 aliphatic carbocycles. The minimum absolute atomic E-state index is 0.148. The highest BCUT2D eigenvalue weighted by atomic mass is 79.9. The van der Waals surface area contributed by atoms with E-state index in [2.05, 4.69) is 15.9 Å². The number of nitro benzene ring substituents is 1. The molecule has 0 heterocycles. The first-order valence-corrected chi connectivity index (χ1v) is 5.64. The summed E-state index contributed by atoms with van der Waals surface area (Å²) < 4.78 is 0. The lowest BCUT2D eigenvalue weighted by molar-refractivity contribution is -0.385. The van der Waals surface area contributed by atoms with Crippen LogP contribution < -0.4 is 0 Å². The molecule has 0 N–H and O–H groups in total. The molecule has 0 aliphatic heterocycles. The third-order valence-corrected chi connectivity index (χ3v) is 2.61. The van der Waals surface area contributed by atoms with Crippen LogP contribution in [0.25, 0.3) is 0 Å². The Balaban J connectivity index is 2.97. The van der Waals surface area contributed by atoms with Crippen LogP contribution >= 0.6 is 27.5 Å². The molecule has 1 aromatic carbocycles. The second kappa shape index (κ2) is 5.32. The normalized spacial score (nSPS) is 10.1. The lowest BCUT2D eigenvalue weighted by Crippen LogP contribution is -1.95. The molecule has 0 atom stereocenters. The van der Waals surface area contributed by atoms with E-state index in [0.717, 1.165) is 11.8 Å². The van der Waals surface area contributed by atoms with Gasteiger partial charge < -0.3 is 0 Å². The van der Waals surface area contributed by atoms with E-state index in [9.17, 15) is 10.1 Å². The average Bonchev–Trinajstić information content (AvgIpc) is 2.14. The first kappa shape index (κ1) is 11.5. The molecule has 0 saturated heterocycles. The van der Waals surface area contributed by atoms with Gasteiger partial charge in [0.25, 0.3) is 5.69 Å². The molecule has 0 aromatic heterocycles. The molecule has 3 nitrogen and oxygen atoms in total. The molecule has 14 heavy (non-hydrogen) atoms. The summed E-state index contributed by atoms with van der Waals surface area (Å²) in [4.78, 5) is 10.3. The summed E-state index contributed by atoms with van der Waals surface area (Å²) in [7, 11) is 0. The average molecular weight is 279 g/mol. The third kappa shape index (κ3) is 2.96. The first-order chi connectivity index (χ1) is 6.65. The second-order valence-corrected chi connectivity index (χ2v) is 4.05. The fourth-order valence-electron chi connectivity index (χ4n) is 1.19. The Bertz CT molecular complexity index is 344. The number of aryl methyl sites for hydroxylation is 1. The van der Waals surface area contributed by atoms with Gasteiger partial charge >= 0.3 is 0 Å². The molecule has 0 aliphatic rings. The van der Waals surface area contributed by atoms with E-state index >= 15 is 0 Å². The number of hydrogen-bond donors (Lipinski definition) is 0. The number of benzene rings is 1. The lowest BCUT2D eigenvalue weighted by atomic mass is 10.1. The molecular formula is C9H9BrClNO2. The molecule has 0 bridgehead atoms. The molecule has 0 unspecified atom stereocenters. The van der Waals surface area contributed by atoms with Crippen molar-refractivity contribution < 1.29 is 4.92 Å². The summed E-state index contributed by atoms with van der Waals surface area (Å²) in [6, 6.07) is 4.64. The summed E-state index contributed by atoms with van der Waals surface area (Å²) >= 11 is 9.05. The molecule has 0 saturated carbocycles. The number of nitrogens with zero attached hydrogens (tertiary/aromatic N) is 1. The van der Waals surface area contributed by atoms with E-state index in [0.29, 0.717) is 17.0 Å². The Labute approximate surface area is 95.4 Å². The molecule has 1 aromatic rings. The van der Waals surface area contributed by atoms with Gasteiger partial charge in [0.05, 0.1) is 4.92 Å². The van der Waals surface area contributed by atoms with Gasteiger partial charge in [-0.25, -0.2) is 0 Å². The highest BCUT2D eigenvalue weighted by Gasteiger charge is 2.12. The van der Waals surface area contributed by atoms with Crippen LogP contribution in [0.15, 0.2) is 18.2 Å². The predicted octanol–water partition coefficient (Wildman–Crippen LogP) is 3.58. The van der Waals surface area contributed by atoms with Crippen LogP contribution in [0.5, 0.6) is 0 Å². The van der Waals surface area contributed by atoms with Gasteiger partial charge in [-0.1, -0.05) is 27.5 Å². The molecule has 76 valence electrons. The Morgan fingerprint density at radius 1 is 1.50 bits per heavy atom. The van der Waals surface area contributed by atoms with Crippen molar-refractivity contribution in [1.29, 1.82) is 0 Å². The predicted molar refractivity (Wildman–Crippen MR) is 60.2 cm³/mol. The zero-order valence-electron chi connectivity index (χ0n) is 7.37. The summed E-state index contributed by atoms with van der Waals surface area (Å²) in [5.41, 5.74) is 0.845. The van der Waals surface area contributed by atoms with Crippen molar-refractivity contribution in [2.75, 3.05) is 5.33 Å². The van der Waals surface area contributed by atoms with E-state index in [1.807, 2.05) is 0 Å². The van der Waals surface area contributed by atoms with Crippen molar-refractivity contribution >= 4 is 33.2 Å². The van der Waals surface area contributed by atoms with Gasteiger partial charge in [0, 0.05) is 22.0 Å². The molecule has 0 amide bonds. The monoisotopic (exact) mass is 277 g/mol. The van der Waals surface area contributed by atoms with E-state index in [1.54, 1.807) is 6.07 Å². The molecule has 5 heteroatoms. The van der Waals surface area contributed by atoms with Crippen molar-refractivity contribution in [1.82, 2.24) is 0 Å². The minimum atomic E-state index is -0.375. The van der Waals surface area contributed by atoms with Crippen LogP contribution in [0.1, 0.15) is 12.0 Å². The third-order valence-electron chi connectivity index (χ3n) is 1.82. The number of alkyl halides is 1. The first-order valence-electron chi connectivity index (χ1n) is 4.14. The lowest BCUT2D eigenvalue weighted by Gasteiger charge is -2.01. The fraction of sp³-hybridized carbons (Fsp3) is 0.333. The van der Waals surface area contributed by atoms with Crippen molar-refractivity contribution in [2.24, 2.45) is 0 Å². The van der Waals surface area contributed by atoms with Crippen molar-refractivity contribution in [3.8, 4) is 0 Å². The number of hydrogen-bond acceptors (Lipinski definition) is 2. The Hall–Kier alpha value is -0.610. The summed E-state index contributed by atoms with van der Waals surface area (Å²) in [6.45, 7) is 0. The van der Waals surface area contributed by atoms with Gasteiger partial charge in [-0.15, -0.1) is 0 Å². The zero-order valence-corrected chi connectivity index (χ0v) is 9.71. The zero-order chi connectivity index (χ0) is 10.6.